The molecule has 5 rings (SSSR count). The second-order valence-corrected chi connectivity index (χ2v) is 6.23. The third-order valence-corrected chi connectivity index (χ3v) is 4.65. The highest BCUT2D eigenvalue weighted by atomic mass is 16.7. The van der Waals surface area contributed by atoms with E-state index in [1.807, 2.05) is 29.0 Å². The van der Waals surface area contributed by atoms with Crippen molar-refractivity contribution in [3.05, 3.63) is 90.8 Å². The highest BCUT2D eigenvalue weighted by Crippen LogP contribution is 2.30. The minimum absolute atomic E-state index is 0.282. The predicted octanol–water partition coefficient (Wildman–Crippen LogP) is 5.17. The second-order valence-electron chi connectivity index (χ2n) is 6.23. The van der Waals surface area contributed by atoms with Gasteiger partial charge in [-0.05, 0) is 28.5 Å². The maximum Gasteiger partial charge on any atom is 0.246 e. The van der Waals surface area contributed by atoms with Crippen LogP contribution in [0.1, 0.15) is 5.56 Å². The summed E-state index contributed by atoms with van der Waals surface area (Å²) in [5.74, 6) is 0.728. The lowest BCUT2D eigenvalue weighted by molar-refractivity contribution is -0.0166. The Bertz CT molecular complexity index is 1080. The molecule has 3 aromatic carbocycles. The van der Waals surface area contributed by atoms with Gasteiger partial charge >= 0.3 is 0 Å². The van der Waals surface area contributed by atoms with Gasteiger partial charge in [0.2, 0.25) is 12.2 Å². The van der Waals surface area contributed by atoms with Gasteiger partial charge in [0.25, 0.3) is 0 Å². The van der Waals surface area contributed by atoms with Crippen LogP contribution < -0.4 is 0 Å². The average molecular weight is 327 g/mol. The standard InChI is InChI=1S/C22H17NO2/c1-2-6-16(7-3-1)14-22-24-15-21(25-22)23-13-12-19-18-9-5-4-8-17(18)10-11-20(19)23/h1-13,15,22H,14H2. The van der Waals surface area contributed by atoms with E-state index in [-0.39, 0.29) is 6.29 Å². The van der Waals surface area contributed by atoms with Crippen molar-refractivity contribution in [3.8, 4) is 0 Å². The molecular formula is C22H17NO2. The van der Waals surface area contributed by atoms with Crippen LogP contribution in [0.25, 0.3) is 27.6 Å². The SMILES string of the molecule is C1=C(n2ccc3c4ccccc4ccc32)OC(Cc2ccccc2)O1. The molecule has 0 saturated carbocycles. The van der Waals surface area contributed by atoms with Crippen LogP contribution in [0.15, 0.2) is 85.3 Å². The molecule has 1 unspecified atom stereocenters. The van der Waals surface area contributed by atoms with E-state index < -0.39 is 0 Å². The van der Waals surface area contributed by atoms with E-state index in [2.05, 4.69) is 54.6 Å². The monoisotopic (exact) mass is 327 g/mol. The Morgan fingerprint density at radius 1 is 0.800 bits per heavy atom. The van der Waals surface area contributed by atoms with Crippen molar-refractivity contribution in [1.29, 1.82) is 0 Å². The molecule has 0 spiro atoms. The number of benzene rings is 3. The second kappa shape index (κ2) is 5.71. The summed E-state index contributed by atoms with van der Waals surface area (Å²) in [5, 5.41) is 3.71. The number of hydrogen-bond donors (Lipinski definition) is 0. The van der Waals surface area contributed by atoms with Crippen molar-refractivity contribution in [1.82, 2.24) is 4.57 Å². The van der Waals surface area contributed by atoms with Crippen molar-refractivity contribution >= 4 is 27.6 Å². The minimum Gasteiger partial charge on any atom is -0.457 e. The normalized spacial score (nSPS) is 16.6. The molecule has 0 bridgehead atoms. The fourth-order valence-electron chi connectivity index (χ4n) is 3.43. The first-order valence-electron chi connectivity index (χ1n) is 8.44. The number of rotatable bonds is 3. The Kier molecular flexibility index (Phi) is 3.23. The van der Waals surface area contributed by atoms with E-state index in [9.17, 15) is 0 Å². The van der Waals surface area contributed by atoms with Crippen LogP contribution in [-0.4, -0.2) is 10.9 Å². The zero-order chi connectivity index (χ0) is 16.6. The summed E-state index contributed by atoms with van der Waals surface area (Å²) in [6.45, 7) is 0. The van der Waals surface area contributed by atoms with E-state index in [1.54, 1.807) is 6.26 Å². The van der Waals surface area contributed by atoms with Crippen molar-refractivity contribution in [2.45, 2.75) is 12.7 Å². The molecule has 122 valence electrons. The predicted molar refractivity (Wildman–Crippen MR) is 99.8 cm³/mol. The van der Waals surface area contributed by atoms with Gasteiger partial charge in [0.15, 0.2) is 0 Å². The highest BCUT2D eigenvalue weighted by Gasteiger charge is 2.22. The molecule has 0 radical (unpaired) electrons. The van der Waals surface area contributed by atoms with E-state index in [1.165, 1.54) is 21.7 Å². The van der Waals surface area contributed by atoms with Crippen LogP contribution >= 0.6 is 0 Å². The van der Waals surface area contributed by atoms with E-state index in [0.717, 1.165) is 17.8 Å². The fourth-order valence-corrected chi connectivity index (χ4v) is 3.43. The lowest BCUT2D eigenvalue weighted by Crippen LogP contribution is -2.12. The Morgan fingerprint density at radius 2 is 1.64 bits per heavy atom. The van der Waals surface area contributed by atoms with Crippen LogP contribution in [0.2, 0.25) is 0 Å². The molecule has 1 atom stereocenters. The summed E-state index contributed by atoms with van der Waals surface area (Å²) in [4.78, 5) is 0. The number of hydrogen-bond acceptors (Lipinski definition) is 2. The molecule has 3 nitrogen and oxygen atoms in total. The number of nitrogens with zero attached hydrogens (tertiary/aromatic N) is 1. The number of aromatic nitrogens is 1. The van der Waals surface area contributed by atoms with E-state index in [0.29, 0.717) is 0 Å². The quantitative estimate of drug-likeness (QED) is 0.518. The van der Waals surface area contributed by atoms with Crippen LogP contribution in [0.5, 0.6) is 0 Å². The molecule has 0 aliphatic carbocycles. The average Bonchev–Trinajstić information content (AvgIpc) is 3.29. The van der Waals surface area contributed by atoms with Gasteiger partial charge < -0.3 is 9.47 Å². The van der Waals surface area contributed by atoms with Gasteiger partial charge in [-0.2, -0.15) is 0 Å². The van der Waals surface area contributed by atoms with Crippen LogP contribution in [-0.2, 0) is 15.9 Å². The lowest BCUT2D eigenvalue weighted by Gasteiger charge is -2.12. The van der Waals surface area contributed by atoms with Crippen molar-refractivity contribution in [2.24, 2.45) is 0 Å². The third kappa shape index (κ3) is 2.45. The van der Waals surface area contributed by atoms with Crippen LogP contribution in [0.3, 0.4) is 0 Å². The maximum absolute atomic E-state index is 6.03. The minimum atomic E-state index is -0.282. The summed E-state index contributed by atoms with van der Waals surface area (Å²) >= 11 is 0. The van der Waals surface area contributed by atoms with Gasteiger partial charge in [0.05, 0.1) is 5.52 Å². The zero-order valence-corrected chi connectivity index (χ0v) is 13.6. The first-order chi connectivity index (χ1) is 12.4. The van der Waals surface area contributed by atoms with Gasteiger partial charge in [0.1, 0.15) is 6.26 Å². The molecular weight excluding hydrogens is 310 g/mol. The lowest BCUT2D eigenvalue weighted by atomic mass is 10.1. The third-order valence-electron chi connectivity index (χ3n) is 4.65. The Balaban J connectivity index is 1.45. The van der Waals surface area contributed by atoms with Crippen molar-refractivity contribution in [3.63, 3.8) is 0 Å². The molecule has 1 aliphatic rings. The smallest absolute Gasteiger partial charge is 0.246 e. The fraction of sp³-hybridized carbons (Fsp3) is 0.0909. The molecule has 3 heteroatoms. The van der Waals surface area contributed by atoms with E-state index >= 15 is 0 Å². The first-order valence-corrected chi connectivity index (χ1v) is 8.44. The molecule has 0 amide bonds. The summed E-state index contributed by atoms with van der Waals surface area (Å²) in [7, 11) is 0. The largest absolute Gasteiger partial charge is 0.457 e. The van der Waals surface area contributed by atoms with Crippen LogP contribution in [0.4, 0.5) is 0 Å². The first kappa shape index (κ1) is 14.2. The Hall–Kier alpha value is -3.20. The maximum atomic E-state index is 6.03. The summed E-state index contributed by atoms with van der Waals surface area (Å²) < 4.78 is 13.8. The molecule has 0 saturated heterocycles. The Labute approximate surface area is 145 Å². The van der Waals surface area contributed by atoms with Crippen molar-refractivity contribution < 1.29 is 9.47 Å². The highest BCUT2D eigenvalue weighted by molar-refractivity contribution is 6.07. The Morgan fingerprint density at radius 3 is 2.56 bits per heavy atom. The molecule has 1 aromatic heterocycles. The van der Waals surface area contributed by atoms with Gasteiger partial charge in [-0.25, -0.2) is 0 Å². The molecule has 0 N–H and O–H groups in total. The van der Waals surface area contributed by atoms with Gasteiger partial charge in [-0.15, -0.1) is 0 Å². The molecule has 4 aromatic rings. The zero-order valence-electron chi connectivity index (χ0n) is 13.6. The topological polar surface area (TPSA) is 23.4 Å². The number of ether oxygens (including phenoxy) is 2. The van der Waals surface area contributed by atoms with Gasteiger partial charge in [-0.1, -0.05) is 60.7 Å². The molecule has 1 aliphatic heterocycles. The molecule has 2 heterocycles. The van der Waals surface area contributed by atoms with Crippen LogP contribution in [0, 0.1) is 0 Å². The van der Waals surface area contributed by atoms with E-state index in [4.69, 9.17) is 9.47 Å². The number of fused-ring (bicyclic) bond motifs is 3. The summed E-state index contributed by atoms with van der Waals surface area (Å²) in [6.07, 6.45) is 4.19. The van der Waals surface area contributed by atoms with Gasteiger partial charge in [0, 0.05) is 18.0 Å². The molecule has 25 heavy (non-hydrogen) atoms. The summed E-state index contributed by atoms with van der Waals surface area (Å²) in [5.41, 5.74) is 2.32. The summed E-state index contributed by atoms with van der Waals surface area (Å²) in [6, 6.07) is 25.1. The molecule has 0 fully saturated rings. The van der Waals surface area contributed by atoms with Gasteiger partial charge in [-0.3, -0.25) is 4.57 Å². The van der Waals surface area contributed by atoms with Crippen molar-refractivity contribution in [2.75, 3.05) is 0 Å².